The van der Waals surface area contributed by atoms with E-state index in [4.69, 9.17) is 0 Å². The van der Waals surface area contributed by atoms with Gasteiger partial charge in [-0.15, -0.1) is 0 Å². The van der Waals surface area contributed by atoms with Crippen LogP contribution in [-0.4, -0.2) is 23.7 Å². The van der Waals surface area contributed by atoms with Gasteiger partial charge >= 0.3 is 0 Å². The van der Waals surface area contributed by atoms with E-state index in [0.29, 0.717) is 13.0 Å². The van der Waals surface area contributed by atoms with E-state index in [-0.39, 0.29) is 17.9 Å². The molecular weight excluding hydrogens is 226 g/mol. The molecule has 2 atom stereocenters. The Balaban J connectivity index is 2.59. The van der Waals surface area contributed by atoms with Crippen molar-refractivity contribution in [2.45, 2.75) is 45.1 Å². The molecule has 0 heterocycles. The summed E-state index contributed by atoms with van der Waals surface area (Å²) < 4.78 is 0. The van der Waals surface area contributed by atoms with Gasteiger partial charge in [-0.05, 0) is 25.3 Å². The predicted molar refractivity (Wildman–Crippen MR) is 73.4 cm³/mol. The first kappa shape index (κ1) is 14.7. The molecule has 18 heavy (non-hydrogen) atoms. The first-order valence-electron chi connectivity index (χ1n) is 6.65. The maximum atomic E-state index is 12.1. The van der Waals surface area contributed by atoms with Crippen LogP contribution < -0.4 is 5.32 Å². The van der Waals surface area contributed by atoms with Crippen LogP contribution in [0, 0.1) is 0 Å². The van der Waals surface area contributed by atoms with Crippen molar-refractivity contribution in [1.82, 2.24) is 5.32 Å². The van der Waals surface area contributed by atoms with Gasteiger partial charge < -0.3 is 10.4 Å². The van der Waals surface area contributed by atoms with E-state index in [2.05, 4.69) is 12.2 Å². The first-order valence-corrected chi connectivity index (χ1v) is 6.65. The summed E-state index contributed by atoms with van der Waals surface area (Å²) in [6.07, 6.45) is 2.06. The molecule has 1 aromatic carbocycles. The Labute approximate surface area is 109 Å². The molecule has 0 spiro atoms. The quantitative estimate of drug-likeness (QED) is 0.780. The average Bonchev–Trinajstić information content (AvgIpc) is 2.36. The van der Waals surface area contributed by atoms with Crippen LogP contribution in [0.2, 0.25) is 0 Å². The van der Waals surface area contributed by atoms with Crippen molar-refractivity contribution in [3.8, 4) is 0 Å². The molecule has 1 rings (SSSR count). The second-order valence-corrected chi connectivity index (χ2v) is 4.68. The maximum absolute atomic E-state index is 12.1. The van der Waals surface area contributed by atoms with Gasteiger partial charge in [0.15, 0.2) is 0 Å². The molecule has 1 aromatic rings. The van der Waals surface area contributed by atoms with Crippen molar-refractivity contribution >= 4 is 5.91 Å². The highest BCUT2D eigenvalue weighted by Crippen LogP contribution is 2.21. The van der Waals surface area contributed by atoms with Crippen LogP contribution in [0.15, 0.2) is 30.3 Å². The zero-order valence-corrected chi connectivity index (χ0v) is 11.2. The summed E-state index contributed by atoms with van der Waals surface area (Å²) in [5.41, 5.74) is 1.06. The summed E-state index contributed by atoms with van der Waals surface area (Å²) in [6, 6.07) is 9.86. The molecule has 0 aromatic heterocycles. The molecule has 2 unspecified atom stereocenters. The second-order valence-electron chi connectivity index (χ2n) is 4.68. The van der Waals surface area contributed by atoms with Gasteiger partial charge in [0.2, 0.25) is 5.91 Å². The highest BCUT2D eigenvalue weighted by Gasteiger charge is 2.18. The number of rotatable bonds is 7. The highest BCUT2D eigenvalue weighted by atomic mass is 16.3. The molecule has 0 saturated heterocycles. The summed E-state index contributed by atoms with van der Waals surface area (Å²) in [7, 11) is 0. The van der Waals surface area contributed by atoms with E-state index in [0.717, 1.165) is 18.4 Å². The van der Waals surface area contributed by atoms with Crippen LogP contribution in [0.25, 0.3) is 0 Å². The third-order valence-corrected chi connectivity index (χ3v) is 2.96. The van der Waals surface area contributed by atoms with Crippen molar-refractivity contribution in [2.24, 2.45) is 0 Å². The van der Waals surface area contributed by atoms with E-state index in [1.807, 2.05) is 30.3 Å². The normalized spacial score (nSPS) is 13.9. The number of aliphatic hydroxyl groups is 1. The van der Waals surface area contributed by atoms with Crippen molar-refractivity contribution in [2.75, 3.05) is 6.54 Å². The summed E-state index contributed by atoms with van der Waals surface area (Å²) in [5.74, 6) is -0.0195. The molecule has 0 saturated carbocycles. The number of nitrogens with one attached hydrogen (secondary N) is 1. The minimum Gasteiger partial charge on any atom is -0.393 e. The fourth-order valence-electron chi connectivity index (χ4n) is 1.95. The smallest absolute Gasteiger partial charge is 0.227 e. The molecule has 2 N–H and O–H groups in total. The lowest BCUT2D eigenvalue weighted by atomic mass is 9.93. The monoisotopic (exact) mass is 249 g/mol. The first-order chi connectivity index (χ1) is 8.65. The summed E-state index contributed by atoms with van der Waals surface area (Å²) in [6.45, 7) is 4.34. The van der Waals surface area contributed by atoms with Crippen LogP contribution in [0.1, 0.15) is 44.6 Å². The van der Waals surface area contributed by atoms with Crippen LogP contribution in [0.5, 0.6) is 0 Å². The fourth-order valence-corrected chi connectivity index (χ4v) is 1.95. The molecule has 100 valence electrons. The summed E-state index contributed by atoms with van der Waals surface area (Å²) >= 11 is 0. The Hall–Kier alpha value is -1.35. The molecular formula is C15H23NO2. The van der Waals surface area contributed by atoms with Crippen LogP contribution in [-0.2, 0) is 4.79 Å². The summed E-state index contributed by atoms with van der Waals surface area (Å²) in [5, 5.41) is 12.1. The Bertz CT molecular complexity index is 349. The van der Waals surface area contributed by atoms with Gasteiger partial charge in [0, 0.05) is 6.54 Å². The number of aliphatic hydroxyl groups excluding tert-OH is 1. The van der Waals surface area contributed by atoms with E-state index in [1.165, 1.54) is 0 Å². The molecule has 3 nitrogen and oxygen atoms in total. The number of benzene rings is 1. The van der Waals surface area contributed by atoms with Gasteiger partial charge in [-0.2, -0.15) is 0 Å². The Morgan fingerprint density at radius 1 is 1.28 bits per heavy atom. The average molecular weight is 249 g/mol. The topological polar surface area (TPSA) is 49.3 Å². The Morgan fingerprint density at radius 2 is 1.94 bits per heavy atom. The Kier molecular flexibility index (Phi) is 6.44. The van der Waals surface area contributed by atoms with E-state index >= 15 is 0 Å². The number of carbonyl (C=O) groups excluding carboxylic acids is 1. The minimum atomic E-state index is -0.369. The van der Waals surface area contributed by atoms with Crippen LogP contribution in [0.4, 0.5) is 0 Å². The van der Waals surface area contributed by atoms with Crippen molar-refractivity contribution in [3.05, 3.63) is 35.9 Å². The van der Waals surface area contributed by atoms with E-state index in [9.17, 15) is 9.90 Å². The molecule has 3 heteroatoms. The van der Waals surface area contributed by atoms with Gasteiger partial charge in [-0.1, -0.05) is 43.7 Å². The highest BCUT2D eigenvalue weighted by molar-refractivity contribution is 5.83. The number of hydrogen-bond donors (Lipinski definition) is 2. The van der Waals surface area contributed by atoms with Gasteiger partial charge in [-0.25, -0.2) is 0 Å². The zero-order valence-electron chi connectivity index (χ0n) is 11.2. The molecule has 0 radical (unpaired) electrons. The summed E-state index contributed by atoms with van der Waals surface area (Å²) in [4.78, 5) is 12.1. The third-order valence-electron chi connectivity index (χ3n) is 2.96. The van der Waals surface area contributed by atoms with Crippen molar-refractivity contribution in [1.29, 1.82) is 0 Å². The molecule has 0 aliphatic carbocycles. The fraction of sp³-hybridized carbons (Fsp3) is 0.533. The standard InChI is InChI=1S/C15H23NO2/c1-3-7-14(13-8-5-4-6-9-13)15(18)16-11-10-12(2)17/h4-6,8-9,12,14,17H,3,7,10-11H2,1-2H3,(H,16,18). The molecule has 1 amide bonds. The lowest BCUT2D eigenvalue weighted by Gasteiger charge is -2.16. The van der Waals surface area contributed by atoms with Crippen LogP contribution >= 0.6 is 0 Å². The van der Waals surface area contributed by atoms with E-state index in [1.54, 1.807) is 6.92 Å². The third kappa shape index (κ3) is 4.88. The maximum Gasteiger partial charge on any atom is 0.227 e. The number of amides is 1. The molecule has 0 aliphatic rings. The van der Waals surface area contributed by atoms with E-state index < -0.39 is 0 Å². The molecule has 0 aliphatic heterocycles. The van der Waals surface area contributed by atoms with Crippen LogP contribution in [0.3, 0.4) is 0 Å². The zero-order chi connectivity index (χ0) is 13.4. The Morgan fingerprint density at radius 3 is 2.50 bits per heavy atom. The van der Waals surface area contributed by atoms with Gasteiger partial charge in [0.05, 0.1) is 12.0 Å². The van der Waals surface area contributed by atoms with Crippen molar-refractivity contribution in [3.63, 3.8) is 0 Å². The SMILES string of the molecule is CCCC(C(=O)NCCC(C)O)c1ccccc1. The largest absolute Gasteiger partial charge is 0.393 e. The number of carbonyl (C=O) groups is 1. The predicted octanol–water partition coefficient (Wildman–Crippen LogP) is 2.46. The molecule has 0 fully saturated rings. The lowest BCUT2D eigenvalue weighted by Crippen LogP contribution is -2.31. The lowest BCUT2D eigenvalue weighted by molar-refractivity contribution is -0.122. The molecule has 0 bridgehead atoms. The van der Waals surface area contributed by atoms with Gasteiger partial charge in [-0.3, -0.25) is 4.79 Å². The van der Waals surface area contributed by atoms with Crippen molar-refractivity contribution < 1.29 is 9.90 Å². The minimum absolute atomic E-state index is 0.0590. The number of hydrogen-bond acceptors (Lipinski definition) is 2. The van der Waals surface area contributed by atoms with Gasteiger partial charge in [0.1, 0.15) is 0 Å². The van der Waals surface area contributed by atoms with Gasteiger partial charge in [0.25, 0.3) is 0 Å². The second kappa shape index (κ2) is 7.88.